The van der Waals surface area contributed by atoms with E-state index in [0.717, 1.165) is 6.42 Å². The molecule has 0 radical (unpaired) electrons. The lowest BCUT2D eigenvalue weighted by molar-refractivity contribution is -0.387. The van der Waals surface area contributed by atoms with Gasteiger partial charge in [0.25, 0.3) is 0 Å². The molecule has 0 bridgehead atoms. The van der Waals surface area contributed by atoms with Gasteiger partial charge in [-0.1, -0.05) is 60.1 Å². The minimum absolute atomic E-state index is 0.0623. The lowest BCUT2D eigenvalue weighted by atomic mass is 9.33. The fraction of sp³-hybridized carbons (Fsp3) is 0.948. The number of hydrogen-bond donors (Lipinski definition) is 16. The summed E-state index contributed by atoms with van der Waals surface area (Å²) < 4.78 is 60.3. The summed E-state index contributed by atoms with van der Waals surface area (Å²) in [4.78, 5) is 12.6. The average Bonchev–Trinajstić information content (AvgIpc) is 0.713. The summed E-state index contributed by atoms with van der Waals surface area (Å²) in [7, 11) is 0. The van der Waals surface area contributed by atoms with Crippen LogP contribution in [0.1, 0.15) is 107 Å². The van der Waals surface area contributed by atoms with Crippen LogP contribution in [0, 0.1) is 50.2 Å². The number of aliphatic hydroxyl groups is 15. The summed E-state index contributed by atoms with van der Waals surface area (Å²) in [5.41, 5.74) is -2.35. The Morgan fingerprint density at radius 1 is 0.565 bits per heavy atom. The summed E-state index contributed by atoms with van der Waals surface area (Å²) in [6.45, 7) is 14.3. The number of aliphatic carboxylic acids is 1. The zero-order valence-corrected chi connectivity index (χ0v) is 49.5. The van der Waals surface area contributed by atoms with Crippen LogP contribution in [0.4, 0.5) is 0 Å². The first kappa shape index (κ1) is 66.1. The van der Waals surface area contributed by atoms with Crippen molar-refractivity contribution >= 4 is 5.97 Å². The van der Waals surface area contributed by atoms with E-state index in [9.17, 15) is 86.5 Å². The zero-order valence-electron chi connectivity index (χ0n) is 49.5. The maximum atomic E-state index is 12.6. The van der Waals surface area contributed by atoms with Crippen molar-refractivity contribution in [3.8, 4) is 0 Å². The third-order valence-electron chi connectivity index (χ3n) is 23.2. The van der Waals surface area contributed by atoms with Gasteiger partial charge in [-0.05, 0) is 97.7 Å². The third kappa shape index (κ3) is 10.8. The molecule has 27 nitrogen and oxygen atoms in total. The number of fused-ring (bicyclic) bond motifs is 7. The molecule has 34 atom stereocenters. The van der Waals surface area contributed by atoms with Crippen molar-refractivity contribution in [2.24, 2.45) is 50.2 Å². The van der Waals surface area contributed by atoms with Gasteiger partial charge in [0, 0.05) is 10.8 Å². The molecule has 5 aliphatic carbocycles. The first-order valence-corrected chi connectivity index (χ1v) is 30.2. The molecule has 27 heteroatoms. The van der Waals surface area contributed by atoms with Gasteiger partial charge in [-0.25, -0.2) is 4.79 Å². The molecular formula is C58H94O27. The van der Waals surface area contributed by atoms with E-state index < -0.39 is 200 Å². The zero-order chi connectivity index (χ0) is 62.2. The molecule has 0 aromatic heterocycles. The lowest BCUT2D eigenvalue weighted by Gasteiger charge is -2.72. The van der Waals surface area contributed by atoms with E-state index in [1.807, 2.05) is 20.8 Å². The Hall–Kier alpha value is -1.79. The van der Waals surface area contributed by atoms with Crippen LogP contribution in [0.25, 0.3) is 0 Å². The van der Waals surface area contributed by atoms with Crippen molar-refractivity contribution in [2.75, 3.05) is 26.4 Å². The molecule has 10 rings (SSSR count). The Bertz CT molecular complexity index is 2390. The molecule has 0 aromatic rings. The number of rotatable bonds is 13. The average molecular weight is 1220 g/mol. The van der Waals surface area contributed by atoms with Crippen LogP contribution in [0.5, 0.6) is 0 Å². The minimum atomic E-state index is -2.08. The molecule has 9 fully saturated rings. The number of hydrogen-bond acceptors (Lipinski definition) is 26. The van der Waals surface area contributed by atoms with Crippen molar-refractivity contribution < 1.29 is 134 Å². The summed E-state index contributed by atoms with van der Waals surface area (Å²) in [5.74, 6) is -1.89. The summed E-state index contributed by atoms with van der Waals surface area (Å²) in [5, 5.41) is 175. The highest BCUT2D eigenvalue weighted by atomic mass is 16.8. The standard InChI is InChI=1S/C58H94O27/c1-22-31(63)34(66)38(70)49(78-22)83-43-32(64)25(61)19-77-51(43)84-44-37(69)36(68)42(47(74)75)82-52(44)80-30-12-13-55(5)28(56(30,6)21-60)11-14-58(8)29(55)10-9-23-24-17-53(2,3)45(73)46(54(24,4)15-16-57(23,58)7)85-48-40(72)41(26(62)20-76-48)81-50-39(71)35(67)33(65)27(18-59)79-50/h9,22,24-46,48-52,59-73H,10-21H2,1-8H3,(H,74,75)/t22-,24-,25-,26-,27+,28+,29+,30-,31-,32-,33+,34+,35-,36-,37-,38+,39+,40+,41-,42-,43+,44+,45-,46+,48-,49-,50-,51-,52+,54+,55-,56+,57+,58+/m0/s1. The molecule has 5 saturated heterocycles. The molecular weight excluding hydrogens is 1130 g/mol. The minimum Gasteiger partial charge on any atom is -0.479 e. The van der Waals surface area contributed by atoms with Crippen LogP contribution in [0.15, 0.2) is 11.6 Å². The van der Waals surface area contributed by atoms with Crippen LogP contribution in [-0.2, 0) is 52.2 Å². The van der Waals surface area contributed by atoms with E-state index in [1.165, 1.54) is 12.5 Å². The Kier molecular flexibility index (Phi) is 18.7. The third-order valence-corrected chi connectivity index (χ3v) is 23.2. The molecule has 85 heavy (non-hydrogen) atoms. The predicted octanol–water partition coefficient (Wildman–Crippen LogP) is -3.40. The van der Waals surface area contributed by atoms with Crippen molar-refractivity contribution in [2.45, 2.75) is 266 Å². The molecule has 488 valence electrons. The number of allylic oxidation sites excluding steroid dienone is 2. The maximum absolute atomic E-state index is 12.6. The highest BCUT2D eigenvalue weighted by Gasteiger charge is 2.71. The van der Waals surface area contributed by atoms with Gasteiger partial charge >= 0.3 is 5.97 Å². The summed E-state index contributed by atoms with van der Waals surface area (Å²) in [6, 6.07) is 0. The molecule has 0 aromatic carbocycles. The Morgan fingerprint density at radius 2 is 1.18 bits per heavy atom. The molecule has 0 unspecified atom stereocenters. The van der Waals surface area contributed by atoms with E-state index in [0.29, 0.717) is 44.9 Å². The van der Waals surface area contributed by atoms with Gasteiger partial charge in [0.1, 0.15) is 97.7 Å². The topological polar surface area (TPSA) is 433 Å². The molecule has 5 aliphatic heterocycles. The van der Waals surface area contributed by atoms with E-state index in [-0.39, 0.29) is 41.8 Å². The van der Waals surface area contributed by atoms with Crippen molar-refractivity contribution in [3.05, 3.63) is 11.6 Å². The Balaban J connectivity index is 0.884. The van der Waals surface area contributed by atoms with Gasteiger partial charge in [-0.15, -0.1) is 0 Å². The monoisotopic (exact) mass is 1220 g/mol. The van der Waals surface area contributed by atoms with E-state index in [2.05, 4.69) is 33.8 Å². The van der Waals surface area contributed by atoms with Gasteiger partial charge in [0.2, 0.25) is 0 Å². The van der Waals surface area contributed by atoms with Gasteiger partial charge in [0.05, 0.1) is 50.8 Å². The number of aliphatic hydroxyl groups excluding tert-OH is 15. The Labute approximate surface area is 493 Å². The first-order chi connectivity index (χ1) is 39.7. The first-order valence-electron chi connectivity index (χ1n) is 30.2. The molecule has 4 saturated carbocycles. The Morgan fingerprint density at radius 3 is 1.84 bits per heavy atom. The summed E-state index contributed by atoms with van der Waals surface area (Å²) >= 11 is 0. The van der Waals surface area contributed by atoms with Crippen LogP contribution < -0.4 is 0 Å². The fourth-order valence-electron chi connectivity index (χ4n) is 17.6. The molecule has 0 spiro atoms. The maximum Gasteiger partial charge on any atom is 0.335 e. The molecule has 10 aliphatic rings. The van der Waals surface area contributed by atoms with Gasteiger partial charge < -0.3 is 129 Å². The SMILES string of the molecule is C[C@@H]1O[C@@H](O[C@H]2[C@H](O[C@H]3[C@H](O[C@H]4CC[C@@]5(C)[C@@H](CC[C@]6(C)[C@@H]5CC=C5[C@@H]7CC(C)(C)[C@@H](O)[C@@H](O[C@@H]8OC[C@H](O)[C@H](O[C@@H]9O[C@H](CO)[C@@H](O)[C@H](O)[C@H]9O)[C@H]8O)[C@]7(C)CC[C@]56C)[C@@]4(C)CO)O[C@H](C(=O)O)[C@@H](O)[C@@H]3O)OC[C@H](O)[C@@H]2O)[C@H](O)[C@H](O)[C@H]1O. The van der Waals surface area contributed by atoms with Crippen LogP contribution in [-0.4, -0.2) is 274 Å². The smallest absolute Gasteiger partial charge is 0.335 e. The van der Waals surface area contributed by atoms with E-state index >= 15 is 0 Å². The van der Waals surface area contributed by atoms with E-state index in [4.69, 9.17) is 47.4 Å². The molecule has 5 heterocycles. The predicted molar refractivity (Wildman–Crippen MR) is 285 cm³/mol. The summed E-state index contributed by atoms with van der Waals surface area (Å²) in [6.07, 6.45) is -34.3. The number of carboxylic acid groups (broad SMARTS) is 1. The molecule has 16 N–H and O–H groups in total. The second-order valence-corrected chi connectivity index (χ2v) is 28.3. The number of carbonyl (C=O) groups is 1. The van der Waals surface area contributed by atoms with Crippen molar-refractivity contribution in [1.82, 2.24) is 0 Å². The fourth-order valence-corrected chi connectivity index (χ4v) is 17.6. The van der Waals surface area contributed by atoms with Gasteiger partial charge in [-0.3, -0.25) is 0 Å². The van der Waals surface area contributed by atoms with Gasteiger partial charge in [-0.2, -0.15) is 0 Å². The number of carboxylic acids is 1. The van der Waals surface area contributed by atoms with Gasteiger partial charge in [0.15, 0.2) is 37.6 Å². The normalized spacial score (nSPS) is 56.2. The second-order valence-electron chi connectivity index (χ2n) is 28.3. The van der Waals surface area contributed by atoms with Crippen molar-refractivity contribution in [3.63, 3.8) is 0 Å². The van der Waals surface area contributed by atoms with Crippen LogP contribution in [0.2, 0.25) is 0 Å². The molecule has 0 amide bonds. The second kappa shape index (κ2) is 24.0. The largest absolute Gasteiger partial charge is 0.479 e. The van der Waals surface area contributed by atoms with E-state index in [1.54, 1.807) is 0 Å². The highest BCUT2D eigenvalue weighted by Crippen LogP contribution is 2.76. The van der Waals surface area contributed by atoms with Crippen LogP contribution in [0.3, 0.4) is 0 Å². The number of ether oxygens (including phenoxy) is 10. The van der Waals surface area contributed by atoms with Crippen LogP contribution >= 0.6 is 0 Å². The van der Waals surface area contributed by atoms with Crippen molar-refractivity contribution in [1.29, 1.82) is 0 Å². The highest BCUT2D eigenvalue weighted by molar-refractivity contribution is 5.73. The quantitative estimate of drug-likeness (QED) is 0.0631. The lowest BCUT2D eigenvalue weighted by Crippen LogP contribution is -2.69.